The van der Waals surface area contributed by atoms with Crippen molar-refractivity contribution in [1.82, 2.24) is 15.3 Å². The second-order valence-corrected chi connectivity index (χ2v) is 4.71. The summed E-state index contributed by atoms with van der Waals surface area (Å²) in [6.07, 6.45) is 1.60. The Kier molecular flexibility index (Phi) is 3.63. The van der Waals surface area contributed by atoms with E-state index in [0.29, 0.717) is 23.4 Å². The Balaban J connectivity index is 2.29. The van der Waals surface area contributed by atoms with Crippen molar-refractivity contribution in [2.24, 2.45) is 0 Å². The molecule has 0 bridgehead atoms. The summed E-state index contributed by atoms with van der Waals surface area (Å²) in [6, 6.07) is 2.55. The molecule has 1 atom stereocenters. The molecular weight excluding hydrogens is 228 g/mol. The molecule has 2 rings (SSSR count). The molecular formula is C12H18N6. The lowest BCUT2D eigenvalue weighted by atomic mass is 10.2. The summed E-state index contributed by atoms with van der Waals surface area (Å²) in [4.78, 5) is 12.8. The zero-order chi connectivity index (χ0) is 13.1. The predicted octanol–water partition coefficient (Wildman–Crippen LogP) is 0.212. The standard InChI is InChI=1S/C12H18N6/c1-9-8-18(5-4-14-9)12-15-7-10(6-13)11(16-12)17(2)3/h7,9,14H,4-5,8H2,1-3H3/t9-/m1/s1. The molecule has 1 aliphatic heterocycles. The smallest absolute Gasteiger partial charge is 0.227 e. The van der Waals surface area contributed by atoms with E-state index in [1.807, 2.05) is 19.0 Å². The molecule has 0 saturated carbocycles. The number of rotatable bonds is 2. The molecule has 6 nitrogen and oxygen atoms in total. The van der Waals surface area contributed by atoms with E-state index in [2.05, 4.69) is 33.2 Å². The Morgan fingerprint density at radius 2 is 2.33 bits per heavy atom. The number of hydrogen-bond donors (Lipinski definition) is 1. The third-order valence-corrected chi connectivity index (χ3v) is 2.95. The molecule has 1 aliphatic rings. The number of nitrogens with one attached hydrogen (secondary N) is 1. The monoisotopic (exact) mass is 246 g/mol. The van der Waals surface area contributed by atoms with E-state index in [0.717, 1.165) is 19.6 Å². The number of nitriles is 1. The van der Waals surface area contributed by atoms with Gasteiger partial charge in [0, 0.05) is 39.8 Å². The van der Waals surface area contributed by atoms with Crippen molar-refractivity contribution in [1.29, 1.82) is 5.26 Å². The van der Waals surface area contributed by atoms with Gasteiger partial charge in [-0.05, 0) is 6.92 Å². The molecule has 96 valence electrons. The lowest BCUT2D eigenvalue weighted by Crippen LogP contribution is -2.49. The second kappa shape index (κ2) is 5.19. The minimum absolute atomic E-state index is 0.431. The molecule has 18 heavy (non-hydrogen) atoms. The van der Waals surface area contributed by atoms with Gasteiger partial charge in [0.05, 0.1) is 6.20 Å². The first kappa shape index (κ1) is 12.6. The van der Waals surface area contributed by atoms with Crippen molar-refractivity contribution >= 4 is 11.8 Å². The third kappa shape index (κ3) is 2.51. The SMILES string of the molecule is C[C@@H]1CN(c2ncc(C#N)c(N(C)C)n2)CCN1. The van der Waals surface area contributed by atoms with E-state index in [1.165, 1.54) is 0 Å². The van der Waals surface area contributed by atoms with Gasteiger partial charge in [0.2, 0.25) is 5.95 Å². The van der Waals surface area contributed by atoms with Gasteiger partial charge < -0.3 is 15.1 Å². The van der Waals surface area contributed by atoms with Gasteiger partial charge in [0.15, 0.2) is 5.82 Å². The first-order valence-corrected chi connectivity index (χ1v) is 6.04. The van der Waals surface area contributed by atoms with Crippen LogP contribution in [0.1, 0.15) is 12.5 Å². The van der Waals surface area contributed by atoms with E-state index in [-0.39, 0.29) is 0 Å². The van der Waals surface area contributed by atoms with Gasteiger partial charge in [-0.1, -0.05) is 0 Å². The van der Waals surface area contributed by atoms with E-state index in [1.54, 1.807) is 6.20 Å². The predicted molar refractivity (Wildman–Crippen MR) is 70.8 cm³/mol. The van der Waals surface area contributed by atoms with Gasteiger partial charge >= 0.3 is 0 Å². The van der Waals surface area contributed by atoms with Crippen molar-refractivity contribution in [3.05, 3.63) is 11.8 Å². The molecule has 2 heterocycles. The molecule has 0 amide bonds. The zero-order valence-electron chi connectivity index (χ0n) is 11.0. The van der Waals surface area contributed by atoms with Crippen LogP contribution >= 0.6 is 0 Å². The van der Waals surface area contributed by atoms with Crippen LogP contribution in [0.5, 0.6) is 0 Å². The van der Waals surface area contributed by atoms with Gasteiger partial charge in [-0.3, -0.25) is 0 Å². The average Bonchev–Trinajstić information content (AvgIpc) is 2.38. The summed E-state index contributed by atoms with van der Waals surface area (Å²) >= 11 is 0. The Bertz CT molecular complexity index is 464. The molecule has 0 unspecified atom stereocenters. The summed E-state index contributed by atoms with van der Waals surface area (Å²) in [5.74, 6) is 1.37. The van der Waals surface area contributed by atoms with Crippen LogP contribution in [0.3, 0.4) is 0 Å². The highest BCUT2D eigenvalue weighted by Gasteiger charge is 2.19. The van der Waals surface area contributed by atoms with Crippen LogP contribution in [0.2, 0.25) is 0 Å². The first-order chi connectivity index (χ1) is 8.61. The molecule has 1 fully saturated rings. The topological polar surface area (TPSA) is 68.1 Å². The van der Waals surface area contributed by atoms with Crippen LogP contribution in [0.25, 0.3) is 0 Å². The Morgan fingerprint density at radius 1 is 1.56 bits per heavy atom. The van der Waals surface area contributed by atoms with Crippen molar-refractivity contribution in [3.8, 4) is 6.07 Å². The Labute approximate surface area is 107 Å². The summed E-state index contributed by atoms with van der Waals surface area (Å²) in [6.45, 7) is 4.85. The van der Waals surface area contributed by atoms with Crippen molar-refractivity contribution in [3.63, 3.8) is 0 Å². The quantitative estimate of drug-likeness (QED) is 0.804. The number of nitrogens with zero attached hydrogens (tertiary/aromatic N) is 5. The van der Waals surface area contributed by atoms with Crippen LogP contribution in [-0.4, -0.2) is 49.7 Å². The molecule has 1 aromatic rings. The van der Waals surface area contributed by atoms with Crippen molar-refractivity contribution in [2.75, 3.05) is 43.5 Å². The Hall–Kier alpha value is -1.87. The number of hydrogen-bond acceptors (Lipinski definition) is 6. The summed E-state index contributed by atoms with van der Waals surface area (Å²) in [5, 5.41) is 12.4. The van der Waals surface area contributed by atoms with Gasteiger partial charge in [-0.2, -0.15) is 10.2 Å². The minimum Gasteiger partial charge on any atom is -0.361 e. The van der Waals surface area contributed by atoms with E-state index < -0.39 is 0 Å². The van der Waals surface area contributed by atoms with E-state index in [4.69, 9.17) is 5.26 Å². The summed E-state index contributed by atoms with van der Waals surface area (Å²) in [5.41, 5.74) is 0.506. The molecule has 1 saturated heterocycles. The second-order valence-electron chi connectivity index (χ2n) is 4.71. The zero-order valence-corrected chi connectivity index (χ0v) is 11.0. The van der Waals surface area contributed by atoms with Gasteiger partial charge in [-0.15, -0.1) is 0 Å². The number of piperazine rings is 1. The summed E-state index contributed by atoms with van der Waals surface area (Å²) < 4.78 is 0. The lowest BCUT2D eigenvalue weighted by Gasteiger charge is -2.32. The van der Waals surface area contributed by atoms with Gasteiger partial charge in [0.1, 0.15) is 11.6 Å². The molecule has 1 N–H and O–H groups in total. The highest BCUT2D eigenvalue weighted by molar-refractivity contribution is 5.54. The summed E-state index contributed by atoms with van der Waals surface area (Å²) in [7, 11) is 3.76. The molecule has 6 heteroatoms. The van der Waals surface area contributed by atoms with Crippen molar-refractivity contribution in [2.45, 2.75) is 13.0 Å². The molecule has 0 aromatic carbocycles. The minimum atomic E-state index is 0.431. The molecule has 1 aromatic heterocycles. The molecule has 0 spiro atoms. The molecule has 0 radical (unpaired) electrons. The fraction of sp³-hybridized carbons (Fsp3) is 0.583. The van der Waals surface area contributed by atoms with Crippen LogP contribution in [0.4, 0.5) is 11.8 Å². The number of aromatic nitrogens is 2. The average molecular weight is 246 g/mol. The van der Waals surface area contributed by atoms with Gasteiger partial charge in [-0.25, -0.2) is 4.98 Å². The van der Waals surface area contributed by atoms with Crippen LogP contribution in [-0.2, 0) is 0 Å². The van der Waals surface area contributed by atoms with Crippen LogP contribution in [0, 0.1) is 11.3 Å². The maximum Gasteiger partial charge on any atom is 0.227 e. The van der Waals surface area contributed by atoms with Crippen LogP contribution in [0.15, 0.2) is 6.20 Å². The van der Waals surface area contributed by atoms with Gasteiger partial charge in [0.25, 0.3) is 0 Å². The Morgan fingerprint density at radius 3 is 2.94 bits per heavy atom. The number of anilines is 2. The maximum absolute atomic E-state index is 9.03. The highest BCUT2D eigenvalue weighted by atomic mass is 15.3. The third-order valence-electron chi connectivity index (χ3n) is 2.95. The largest absolute Gasteiger partial charge is 0.361 e. The fourth-order valence-electron chi connectivity index (χ4n) is 2.05. The normalized spacial score (nSPS) is 19.4. The fourth-order valence-corrected chi connectivity index (χ4v) is 2.05. The highest BCUT2D eigenvalue weighted by Crippen LogP contribution is 2.18. The maximum atomic E-state index is 9.03. The van der Waals surface area contributed by atoms with Crippen molar-refractivity contribution < 1.29 is 0 Å². The molecule has 0 aliphatic carbocycles. The van der Waals surface area contributed by atoms with E-state index >= 15 is 0 Å². The van der Waals surface area contributed by atoms with E-state index in [9.17, 15) is 0 Å². The van der Waals surface area contributed by atoms with Crippen LogP contribution < -0.4 is 15.1 Å². The lowest BCUT2D eigenvalue weighted by molar-refractivity contribution is 0.479. The first-order valence-electron chi connectivity index (χ1n) is 6.04.